The first-order valence-corrected chi connectivity index (χ1v) is 9.78. The predicted octanol–water partition coefficient (Wildman–Crippen LogP) is 2.00. The second-order valence-corrected chi connectivity index (χ2v) is 8.21. The molecule has 0 radical (unpaired) electrons. The van der Waals surface area contributed by atoms with Crippen molar-refractivity contribution in [3.05, 3.63) is 11.1 Å². The van der Waals surface area contributed by atoms with Crippen LogP contribution in [0.4, 0.5) is 5.13 Å². The fraction of sp³-hybridized carbons (Fsp3) is 0.706. The molecule has 6 nitrogen and oxygen atoms in total. The van der Waals surface area contributed by atoms with Crippen LogP contribution in [0.2, 0.25) is 0 Å². The number of carbonyl (C=O) groups is 2. The van der Waals surface area contributed by atoms with Crippen LogP contribution in [0.5, 0.6) is 0 Å². The first-order chi connectivity index (χ1) is 11.6. The number of thiazole rings is 1. The quantitative estimate of drug-likeness (QED) is 0.906. The molecule has 1 spiro atoms. The predicted molar refractivity (Wildman–Crippen MR) is 93.1 cm³/mol. The van der Waals surface area contributed by atoms with Crippen molar-refractivity contribution in [3.8, 4) is 0 Å². The molecule has 24 heavy (non-hydrogen) atoms. The Morgan fingerprint density at radius 3 is 2.75 bits per heavy atom. The van der Waals surface area contributed by atoms with Gasteiger partial charge in [0, 0.05) is 31.1 Å². The number of carbonyl (C=O) groups excluding carboxylic acids is 2. The maximum absolute atomic E-state index is 13.2. The van der Waals surface area contributed by atoms with Crippen molar-refractivity contribution in [1.82, 2.24) is 9.88 Å². The monoisotopic (exact) mass is 348 g/mol. The average molecular weight is 348 g/mol. The molecule has 2 N–H and O–H groups in total. The van der Waals surface area contributed by atoms with E-state index in [9.17, 15) is 9.59 Å². The number of primary amides is 1. The SMILES string of the molecule is NC(=O)c1csc(N2CC[C@]3(CCCN(C4CCCC4)C3=O)C2)n1. The molecule has 2 aliphatic heterocycles. The Morgan fingerprint density at radius 2 is 2.04 bits per heavy atom. The number of amides is 2. The molecule has 2 saturated heterocycles. The van der Waals surface area contributed by atoms with Crippen LogP contribution in [0.1, 0.15) is 55.4 Å². The van der Waals surface area contributed by atoms with Gasteiger partial charge in [-0.05, 0) is 32.1 Å². The highest BCUT2D eigenvalue weighted by atomic mass is 32.1. The van der Waals surface area contributed by atoms with Gasteiger partial charge in [-0.25, -0.2) is 4.98 Å². The summed E-state index contributed by atoms with van der Waals surface area (Å²) in [6.45, 7) is 2.48. The molecule has 0 aromatic carbocycles. The van der Waals surface area contributed by atoms with Gasteiger partial charge in [0.1, 0.15) is 5.69 Å². The summed E-state index contributed by atoms with van der Waals surface area (Å²) in [6, 6.07) is 0.463. The van der Waals surface area contributed by atoms with E-state index in [1.807, 2.05) is 0 Å². The number of hydrogen-bond acceptors (Lipinski definition) is 5. The van der Waals surface area contributed by atoms with Gasteiger partial charge in [0.2, 0.25) is 5.91 Å². The Hall–Kier alpha value is -1.63. The summed E-state index contributed by atoms with van der Waals surface area (Å²) < 4.78 is 0. The Kier molecular flexibility index (Phi) is 3.98. The lowest BCUT2D eigenvalue weighted by atomic mass is 9.77. The Morgan fingerprint density at radius 1 is 1.25 bits per heavy atom. The number of piperidine rings is 1. The van der Waals surface area contributed by atoms with Crippen molar-refractivity contribution < 1.29 is 9.59 Å². The number of rotatable bonds is 3. The summed E-state index contributed by atoms with van der Waals surface area (Å²) in [5, 5.41) is 2.52. The normalized spacial score (nSPS) is 28.2. The number of likely N-dealkylation sites (tertiary alicyclic amines) is 1. The van der Waals surface area contributed by atoms with Crippen LogP contribution in [0.15, 0.2) is 5.38 Å². The van der Waals surface area contributed by atoms with Crippen LogP contribution >= 0.6 is 11.3 Å². The number of nitrogens with two attached hydrogens (primary N) is 1. The minimum absolute atomic E-state index is 0.251. The highest BCUT2D eigenvalue weighted by molar-refractivity contribution is 7.13. The number of hydrogen-bond donors (Lipinski definition) is 1. The van der Waals surface area contributed by atoms with E-state index in [0.29, 0.717) is 17.6 Å². The van der Waals surface area contributed by atoms with Crippen LogP contribution in [0.25, 0.3) is 0 Å². The molecule has 7 heteroatoms. The third-order valence-electron chi connectivity index (χ3n) is 5.90. The molecular weight excluding hydrogens is 324 g/mol. The number of aromatic nitrogens is 1. The minimum Gasteiger partial charge on any atom is -0.364 e. The summed E-state index contributed by atoms with van der Waals surface area (Å²) in [6.07, 6.45) is 7.80. The van der Waals surface area contributed by atoms with Gasteiger partial charge in [0.05, 0.1) is 5.41 Å². The largest absolute Gasteiger partial charge is 0.364 e. The zero-order chi connectivity index (χ0) is 16.7. The molecule has 2 amide bonds. The van der Waals surface area contributed by atoms with E-state index in [4.69, 9.17) is 5.73 Å². The van der Waals surface area contributed by atoms with Gasteiger partial charge in [-0.1, -0.05) is 12.8 Å². The van der Waals surface area contributed by atoms with Gasteiger partial charge in [0.25, 0.3) is 5.91 Å². The zero-order valence-electron chi connectivity index (χ0n) is 13.9. The molecule has 3 heterocycles. The third-order valence-corrected chi connectivity index (χ3v) is 6.80. The zero-order valence-corrected chi connectivity index (χ0v) is 14.7. The van der Waals surface area contributed by atoms with Crippen molar-refractivity contribution in [1.29, 1.82) is 0 Å². The molecule has 3 aliphatic rings. The molecule has 0 unspecified atom stereocenters. The molecule has 3 fully saturated rings. The highest BCUT2D eigenvalue weighted by Crippen LogP contribution is 2.43. The molecule has 0 bridgehead atoms. The van der Waals surface area contributed by atoms with E-state index in [0.717, 1.165) is 44.0 Å². The van der Waals surface area contributed by atoms with E-state index in [-0.39, 0.29) is 5.41 Å². The van der Waals surface area contributed by atoms with Gasteiger partial charge >= 0.3 is 0 Å². The van der Waals surface area contributed by atoms with Gasteiger partial charge in [0.15, 0.2) is 5.13 Å². The smallest absolute Gasteiger partial charge is 0.268 e. The summed E-state index contributed by atoms with van der Waals surface area (Å²) in [5.41, 5.74) is 5.37. The van der Waals surface area contributed by atoms with Gasteiger partial charge in [-0.2, -0.15) is 0 Å². The Balaban J connectivity index is 1.51. The molecule has 130 valence electrons. The first-order valence-electron chi connectivity index (χ1n) is 8.90. The van der Waals surface area contributed by atoms with Crippen molar-refractivity contribution in [2.75, 3.05) is 24.5 Å². The van der Waals surface area contributed by atoms with Crippen molar-refractivity contribution in [3.63, 3.8) is 0 Å². The van der Waals surface area contributed by atoms with Crippen LogP contribution in [0, 0.1) is 5.41 Å². The van der Waals surface area contributed by atoms with Crippen molar-refractivity contribution in [2.45, 2.75) is 51.0 Å². The lowest BCUT2D eigenvalue weighted by molar-refractivity contribution is -0.147. The molecule has 1 aliphatic carbocycles. The van der Waals surface area contributed by atoms with E-state index < -0.39 is 5.91 Å². The van der Waals surface area contributed by atoms with Crippen LogP contribution in [-0.4, -0.2) is 47.4 Å². The molecular formula is C17H24N4O2S. The third kappa shape index (κ3) is 2.59. The standard InChI is InChI=1S/C17H24N4O2S/c18-14(22)13-10-24-16(19-13)20-9-7-17(11-20)6-3-8-21(15(17)23)12-4-1-2-5-12/h10,12H,1-9,11H2,(H2,18,22)/t17-/m1/s1. The maximum atomic E-state index is 13.2. The summed E-state index contributed by atoms with van der Waals surface area (Å²) in [4.78, 5) is 33.2. The summed E-state index contributed by atoms with van der Waals surface area (Å²) in [5.74, 6) is -0.137. The van der Waals surface area contributed by atoms with Crippen LogP contribution < -0.4 is 10.6 Å². The van der Waals surface area contributed by atoms with Crippen LogP contribution in [0.3, 0.4) is 0 Å². The average Bonchev–Trinajstić information content (AvgIpc) is 3.30. The molecule has 1 atom stereocenters. The molecule has 1 saturated carbocycles. The second-order valence-electron chi connectivity index (χ2n) is 7.37. The highest BCUT2D eigenvalue weighted by Gasteiger charge is 2.50. The van der Waals surface area contributed by atoms with Gasteiger partial charge in [-0.15, -0.1) is 11.3 Å². The van der Waals surface area contributed by atoms with Crippen LogP contribution in [-0.2, 0) is 4.79 Å². The molecule has 1 aromatic rings. The Labute approximate surface area is 146 Å². The fourth-order valence-corrected chi connectivity index (χ4v) is 5.44. The van der Waals surface area contributed by atoms with Gasteiger partial charge < -0.3 is 15.5 Å². The first kappa shape index (κ1) is 15.9. The summed E-state index contributed by atoms with van der Waals surface area (Å²) in [7, 11) is 0. The van der Waals surface area contributed by atoms with E-state index in [2.05, 4.69) is 14.8 Å². The van der Waals surface area contributed by atoms with E-state index >= 15 is 0 Å². The lowest BCUT2D eigenvalue weighted by Gasteiger charge is -2.42. The second kappa shape index (κ2) is 6.02. The topological polar surface area (TPSA) is 79.5 Å². The number of nitrogens with zero attached hydrogens (tertiary/aromatic N) is 3. The maximum Gasteiger partial charge on any atom is 0.268 e. The lowest BCUT2D eigenvalue weighted by Crippen LogP contribution is -2.53. The van der Waals surface area contributed by atoms with Crippen molar-refractivity contribution in [2.24, 2.45) is 11.1 Å². The molecule has 4 rings (SSSR count). The Bertz CT molecular complexity index is 655. The van der Waals surface area contributed by atoms with Crippen molar-refractivity contribution >= 4 is 28.3 Å². The van der Waals surface area contributed by atoms with Gasteiger partial charge in [-0.3, -0.25) is 9.59 Å². The fourth-order valence-electron chi connectivity index (χ4n) is 4.60. The number of anilines is 1. The summed E-state index contributed by atoms with van der Waals surface area (Å²) >= 11 is 1.44. The minimum atomic E-state index is -0.493. The van der Waals surface area contributed by atoms with E-state index in [1.54, 1.807) is 5.38 Å². The van der Waals surface area contributed by atoms with E-state index in [1.165, 1.54) is 37.0 Å². The molecule has 1 aromatic heterocycles.